The highest BCUT2D eigenvalue weighted by Gasteiger charge is 2.22. The maximum atomic E-state index is 2.73. The topological polar surface area (TPSA) is 0 Å². The summed E-state index contributed by atoms with van der Waals surface area (Å²) < 4.78 is 0. The van der Waals surface area contributed by atoms with Gasteiger partial charge >= 0.3 is 0 Å². The summed E-state index contributed by atoms with van der Waals surface area (Å²) in [6.45, 7) is 0. The van der Waals surface area contributed by atoms with E-state index in [1.165, 1.54) is 103 Å². The van der Waals surface area contributed by atoms with Crippen molar-refractivity contribution in [2.24, 2.45) is 11.8 Å². The Kier molecular flexibility index (Phi) is 8.75. The van der Waals surface area contributed by atoms with Crippen LogP contribution < -0.4 is 0 Å². The fourth-order valence-electron chi connectivity index (χ4n) is 4.14. The van der Waals surface area contributed by atoms with Gasteiger partial charge in [0.05, 0.1) is 0 Å². The Morgan fingerprint density at radius 1 is 0.400 bits per heavy atom. The molecule has 2 atom stereocenters. The molecule has 2 aliphatic rings. The summed E-state index contributed by atoms with van der Waals surface area (Å²) in [7, 11) is 0. The van der Waals surface area contributed by atoms with Crippen molar-refractivity contribution in [3.8, 4) is 0 Å². The van der Waals surface area contributed by atoms with Crippen LogP contribution >= 0.6 is 0 Å². The molecule has 116 valence electrons. The molecule has 0 aliphatic heterocycles. The Hall–Kier alpha value is 0. The molecule has 0 nitrogen and oxygen atoms in total. The lowest BCUT2D eigenvalue weighted by Crippen LogP contribution is -2.18. The molecule has 0 aromatic heterocycles. The van der Waals surface area contributed by atoms with Crippen LogP contribution in [0.3, 0.4) is 0 Å². The molecule has 2 aliphatic carbocycles. The number of hydrogen-bond donors (Lipinski definition) is 0. The Morgan fingerprint density at radius 2 is 0.750 bits per heavy atom. The van der Waals surface area contributed by atoms with E-state index in [1.807, 2.05) is 0 Å². The molecule has 0 amide bonds. The zero-order valence-electron chi connectivity index (χ0n) is 13.6. The molecule has 2 saturated carbocycles. The van der Waals surface area contributed by atoms with E-state index in [1.54, 1.807) is 0 Å². The molecule has 0 heterocycles. The molecule has 2 unspecified atom stereocenters. The van der Waals surface area contributed by atoms with Gasteiger partial charge in [-0.2, -0.15) is 0 Å². The van der Waals surface area contributed by atoms with Crippen LogP contribution in [0.2, 0.25) is 0 Å². The number of hydrogen-bond acceptors (Lipinski definition) is 0. The van der Waals surface area contributed by atoms with E-state index in [2.05, 4.69) is 12.8 Å². The molecule has 2 fully saturated rings. The zero-order valence-corrected chi connectivity index (χ0v) is 13.6. The summed E-state index contributed by atoms with van der Waals surface area (Å²) in [5.74, 6) is 1.82. The summed E-state index contributed by atoms with van der Waals surface area (Å²) in [6.07, 6.45) is 28.8. The highest BCUT2D eigenvalue weighted by molar-refractivity contribution is 4.90. The average molecular weight is 277 g/mol. The third-order valence-corrected chi connectivity index (χ3v) is 5.47. The molecule has 0 saturated heterocycles. The summed E-state index contributed by atoms with van der Waals surface area (Å²) >= 11 is 0. The van der Waals surface area contributed by atoms with Crippen LogP contribution in [0, 0.1) is 24.7 Å². The second kappa shape index (κ2) is 10.7. The lowest BCUT2D eigenvalue weighted by Gasteiger charge is -2.29. The summed E-state index contributed by atoms with van der Waals surface area (Å²) in [5.41, 5.74) is 0. The minimum Gasteiger partial charge on any atom is -0.0533 e. The SMILES string of the molecule is [CH]1CCCCCCC1C1[CH]CCCCCCCCCC1. The molecular formula is C20H36. The first-order valence-electron chi connectivity index (χ1n) is 9.63. The molecule has 0 aromatic rings. The third kappa shape index (κ3) is 6.64. The maximum absolute atomic E-state index is 2.73. The van der Waals surface area contributed by atoms with Gasteiger partial charge < -0.3 is 0 Å². The largest absolute Gasteiger partial charge is 0.0533 e. The van der Waals surface area contributed by atoms with E-state index in [9.17, 15) is 0 Å². The van der Waals surface area contributed by atoms with E-state index in [0.717, 1.165) is 11.8 Å². The monoisotopic (exact) mass is 276 g/mol. The van der Waals surface area contributed by atoms with Gasteiger partial charge in [-0.25, -0.2) is 0 Å². The molecular weight excluding hydrogens is 240 g/mol. The summed E-state index contributed by atoms with van der Waals surface area (Å²) in [4.78, 5) is 0. The van der Waals surface area contributed by atoms with Crippen molar-refractivity contribution >= 4 is 0 Å². The number of rotatable bonds is 1. The first kappa shape index (κ1) is 16.4. The van der Waals surface area contributed by atoms with Crippen molar-refractivity contribution in [2.45, 2.75) is 103 Å². The molecule has 0 N–H and O–H groups in total. The van der Waals surface area contributed by atoms with E-state index in [4.69, 9.17) is 0 Å². The van der Waals surface area contributed by atoms with Gasteiger partial charge in [-0.05, 0) is 50.4 Å². The lowest BCUT2D eigenvalue weighted by molar-refractivity contribution is 0.319. The minimum absolute atomic E-state index is 0.910. The minimum atomic E-state index is 0.910. The second-order valence-corrected chi connectivity index (χ2v) is 7.20. The van der Waals surface area contributed by atoms with E-state index in [0.29, 0.717) is 0 Å². The summed E-state index contributed by atoms with van der Waals surface area (Å²) in [5, 5.41) is 0. The highest BCUT2D eigenvalue weighted by Crippen LogP contribution is 2.33. The van der Waals surface area contributed by atoms with Crippen molar-refractivity contribution in [2.75, 3.05) is 0 Å². The Morgan fingerprint density at radius 3 is 1.20 bits per heavy atom. The lowest BCUT2D eigenvalue weighted by atomic mass is 9.77. The van der Waals surface area contributed by atoms with Crippen molar-refractivity contribution < 1.29 is 0 Å². The van der Waals surface area contributed by atoms with Crippen molar-refractivity contribution in [3.63, 3.8) is 0 Å². The van der Waals surface area contributed by atoms with Crippen LogP contribution in [0.4, 0.5) is 0 Å². The van der Waals surface area contributed by atoms with Crippen LogP contribution in [-0.4, -0.2) is 0 Å². The van der Waals surface area contributed by atoms with Gasteiger partial charge in [0.1, 0.15) is 0 Å². The van der Waals surface area contributed by atoms with Gasteiger partial charge in [0.15, 0.2) is 0 Å². The van der Waals surface area contributed by atoms with Gasteiger partial charge in [-0.3, -0.25) is 0 Å². The van der Waals surface area contributed by atoms with Crippen LogP contribution in [-0.2, 0) is 0 Å². The molecule has 2 radical (unpaired) electrons. The molecule has 2 rings (SSSR count). The first-order valence-corrected chi connectivity index (χ1v) is 9.63. The van der Waals surface area contributed by atoms with E-state index < -0.39 is 0 Å². The van der Waals surface area contributed by atoms with Gasteiger partial charge in [0.25, 0.3) is 0 Å². The fraction of sp³-hybridized carbons (Fsp3) is 0.900. The Bertz CT molecular complexity index is 200. The van der Waals surface area contributed by atoms with Gasteiger partial charge in [-0.15, -0.1) is 0 Å². The highest BCUT2D eigenvalue weighted by atomic mass is 14.3. The van der Waals surface area contributed by atoms with Crippen molar-refractivity contribution in [3.05, 3.63) is 12.8 Å². The molecule has 0 spiro atoms. The van der Waals surface area contributed by atoms with E-state index >= 15 is 0 Å². The second-order valence-electron chi connectivity index (χ2n) is 7.20. The normalized spacial score (nSPS) is 27.0. The van der Waals surface area contributed by atoms with Crippen LogP contribution in [0.15, 0.2) is 0 Å². The Labute approximate surface area is 128 Å². The first-order chi connectivity index (χ1) is 9.97. The van der Waals surface area contributed by atoms with Crippen LogP contribution in [0.5, 0.6) is 0 Å². The van der Waals surface area contributed by atoms with E-state index in [-0.39, 0.29) is 0 Å². The molecule has 0 bridgehead atoms. The third-order valence-electron chi connectivity index (χ3n) is 5.47. The zero-order chi connectivity index (χ0) is 13.9. The maximum Gasteiger partial charge on any atom is -0.0352 e. The smallest absolute Gasteiger partial charge is 0.0352 e. The van der Waals surface area contributed by atoms with Gasteiger partial charge in [-0.1, -0.05) is 77.0 Å². The molecule has 0 heteroatoms. The standard InChI is InChI=1S/C20H36/c1-2-4-7-11-15-19(16-12-8-5-3-1)20-17-13-9-6-10-14-18-20/h15,17,19-20H,1-14,16,18H2. The van der Waals surface area contributed by atoms with Crippen LogP contribution in [0.25, 0.3) is 0 Å². The van der Waals surface area contributed by atoms with Crippen molar-refractivity contribution in [1.29, 1.82) is 0 Å². The fourth-order valence-corrected chi connectivity index (χ4v) is 4.14. The Balaban J connectivity index is 1.80. The van der Waals surface area contributed by atoms with Gasteiger partial charge in [0, 0.05) is 0 Å². The van der Waals surface area contributed by atoms with Crippen LogP contribution in [0.1, 0.15) is 103 Å². The van der Waals surface area contributed by atoms with Gasteiger partial charge in [0.2, 0.25) is 0 Å². The van der Waals surface area contributed by atoms with Crippen molar-refractivity contribution in [1.82, 2.24) is 0 Å². The predicted octanol–water partition coefficient (Wildman–Crippen LogP) is 6.90. The summed E-state index contributed by atoms with van der Waals surface area (Å²) in [6, 6.07) is 0. The molecule has 20 heavy (non-hydrogen) atoms. The predicted molar refractivity (Wildman–Crippen MR) is 89.5 cm³/mol. The quantitative estimate of drug-likeness (QED) is 0.489. The molecule has 0 aromatic carbocycles. The average Bonchev–Trinajstić information content (AvgIpc) is 2.40.